The minimum atomic E-state index is -5.51. The Balaban J connectivity index is 2.31. The van der Waals surface area contributed by atoms with Gasteiger partial charge in [-0.3, -0.25) is 0 Å². The summed E-state index contributed by atoms with van der Waals surface area (Å²) in [5.41, 5.74) is -5.99. The number of hydrogen-bond donors (Lipinski definition) is 1. The first kappa shape index (κ1) is 20.1. The number of benzene rings is 1. The minimum Gasteiger partial charge on any atom is -0.344 e. The molecule has 1 aromatic heterocycles. The minimum absolute atomic E-state index is 0.0590. The Morgan fingerprint density at radius 1 is 1.32 bits per heavy atom. The van der Waals surface area contributed by atoms with Crippen LogP contribution in [0.2, 0.25) is 0 Å². The molecule has 0 bridgehead atoms. The predicted octanol–water partition coefficient (Wildman–Crippen LogP) is 4.32. The summed E-state index contributed by atoms with van der Waals surface area (Å²) >= 11 is 8.49. The van der Waals surface area contributed by atoms with E-state index in [0.717, 1.165) is 18.2 Å². The molecule has 1 N–H and O–H groups in total. The van der Waals surface area contributed by atoms with Crippen molar-refractivity contribution in [3.05, 3.63) is 33.2 Å². The highest BCUT2D eigenvalue weighted by molar-refractivity contribution is 9.10. The third-order valence-electron chi connectivity index (χ3n) is 2.73. The number of hydrogen-bond acceptors (Lipinski definition) is 6. The van der Waals surface area contributed by atoms with Gasteiger partial charge in [-0.25, -0.2) is 17.2 Å². The molecule has 2 rings (SSSR count). The number of nitrogens with one attached hydrogen (secondary N) is 1. The van der Waals surface area contributed by atoms with E-state index in [1.54, 1.807) is 0 Å². The van der Waals surface area contributed by atoms with Crippen molar-refractivity contribution in [2.75, 3.05) is 5.32 Å². The number of thiocarbonyl (C=S) groups is 1. The number of sulfone groups is 1. The number of halogens is 6. The van der Waals surface area contributed by atoms with E-state index >= 15 is 0 Å². The molecule has 0 amide bonds. The van der Waals surface area contributed by atoms with Gasteiger partial charge in [-0.15, -0.1) is 5.10 Å². The SMILES string of the molecule is O=S(=O)(c1ccc(NC(=S)c2snnc2C(F)F)c(Br)c1)C(F)(F)F. The van der Waals surface area contributed by atoms with E-state index in [9.17, 15) is 30.4 Å². The normalized spacial score (nSPS) is 12.4. The summed E-state index contributed by atoms with van der Waals surface area (Å²) < 4.78 is 89.2. The fraction of sp³-hybridized carbons (Fsp3) is 0.182. The van der Waals surface area contributed by atoms with Crippen molar-refractivity contribution in [3.8, 4) is 0 Å². The molecule has 0 aliphatic rings. The second kappa shape index (κ2) is 7.17. The van der Waals surface area contributed by atoms with Crippen molar-refractivity contribution in [1.82, 2.24) is 9.59 Å². The Hall–Kier alpha value is -1.25. The lowest BCUT2D eigenvalue weighted by Gasteiger charge is -2.12. The summed E-state index contributed by atoms with van der Waals surface area (Å²) in [4.78, 5) is -1.27. The summed E-state index contributed by atoms with van der Waals surface area (Å²) in [6.07, 6.45) is -2.91. The Morgan fingerprint density at radius 2 is 1.96 bits per heavy atom. The van der Waals surface area contributed by atoms with E-state index in [2.05, 4.69) is 30.8 Å². The smallest absolute Gasteiger partial charge is 0.344 e. The van der Waals surface area contributed by atoms with Crippen LogP contribution < -0.4 is 5.32 Å². The standard InChI is InChI=1S/C11H5BrF5N3O2S3/c12-5-3-4(25(21,22)11(15,16)17)1-2-6(5)18-10(23)8-7(9(13)14)19-20-24-8/h1-3,9H,(H,18,23). The van der Waals surface area contributed by atoms with Crippen LogP contribution in [0, 0.1) is 0 Å². The molecule has 0 saturated carbocycles. The van der Waals surface area contributed by atoms with E-state index < -0.39 is 32.4 Å². The average Bonchev–Trinajstić information content (AvgIpc) is 2.97. The molecule has 2 aromatic rings. The first-order chi connectivity index (χ1) is 11.4. The van der Waals surface area contributed by atoms with Crippen LogP contribution in [-0.4, -0.2) is 28.5 Å². The lowest BCUT2D eigenvalue weighted by atomic mass is 10.3. The van der Waals surface area contributed by atoms with Gasteiger partial charge in [0.25, 0.3) is 16.3 Å². The van der Waals surface area contributed by atoms with E-state index in [4.69, 9.17) is 12.2 Å². The van der Waals surface area contributed by atoms with Crippen LogP contribution in [0.3, 0.4) is 0 Å². The van der Waals surface area contributed by atoms with Crippen LogP contribution >= 0.6 is 39.7 Å². The first-order valence-corrected chi connectivity index (χ1v) is 9.43. The van der Waals surface area contributed by atoms with E-state index in [0.29, 0.717) is 11.5 Å². The molecular formula is C11H5BrF5N3O2S3. The molecule has 0 radical (unpaired) electrons. The maximum atomic E-state index is 12.8. The van der Waals surface area contributed by atoms with E-state index in [1.165, 1.54) is 0 Å². The quantitative estimate of drug-likeness (QED) is 0.517. The van der Waals surface area contributed by atoms with Crippen molar-refractivity contribution in [2.24, 2.45) is 0 Å². The van der Waals surface area contributed by atoms with Gasteiger partial charge in [-0.05, 0) is 45.7 Å². The molecule has 0 saturated heterocycles. The fourth-order valence-corrected chi connectivity index (χ4v) is 3.89. The van der Waals surface area contributed by atoms with Crippen LogP contribution in [0.15, 0.2) is 27.6 Å². The van der Waals surface area contributed by atoms with Gasteiger partial charge in [-0.2, -0.15) is 13.2 Å². The molecule has 25 heavy (non-hydrogen) atoms. The highest BCUT2D eigenvalue weighted by Gasteiger charge is 2.47. The summed E-state index contributed by atoms with van der Waals surface area (Å²) in [5, 5.41) is 5.78. The summed E-state index contributed by atoms with van der Waals surface area (Å²) in [7, 11) is -5.51. The second-order valence-electron chi connectivity index (χ2n) is 4.33. The summed E-state index contributed by atoms with van der Waals surface area (Å²) in [6.45, 7) is 0. The maximum absolute atomic E-state index is 12.8. The molecule has 136 valence electrons. The van der Waals surface area contributed by atoms with Gasteiger partial charge in [0.2, 0.25) is 0 Å². The highest BCUT2D eigenvalue weighted by atomic mass is 79.9. The fourth-order valence-electron chi connectivity index (χ4n) is 1.57. The van der Waals surface area contributed by atoms with Gasteiger partial charge in [0.05, 0.1) is 10.6 Å². The molecule has 1 heterocycles. The topological polar surface area (TPSA) is 72.0 Å². The zero-order chi connectivity index (χ0) is 19.0. The third-order valence-corrected chi connectivity index (χ3v) is 6.06. The second-order valence-corrected chi connectivity index (χ2v) is 8.29. The van der Waals surface area contributed by atoms with Crippen molar-refractivity contribution >= 4 is 60.2 Å². The number of nitrogens with zero attached hydrogens (tertiary/aromatic N) is 2. The van der Waals surface area contributed by atoms with Crippen molar-refractivity contribution in [1.29, 1.82) is 0 Å². The molecule has 0 aliphatic heterocycles. The number of aromatic nitrogens is 2. The van der Waals surface area contributed by atoms with Crippen molar-refractivity contribution in [2.45, 2.75) is 16.8 Å². The van der Waals surface area contributed by atoms with Crippen LogP contribution in [-0.2, 0) is 9.84 Å². The van der Waals surface area contributed by atoms with Gasteiger partial charge in [-0.1, -0.05) is 16.7 Å². The van der Waals surface area contributed by atoms with Gasteiger partial charge in [0.15, 0.2) is 5.69 Å². The Morgan fingerprint density at radius 3 is 2.48 bits per heavy atom. The first-order valence-electron chi connectivity index (χ1n) is 5.98. The zero-order valence-electron chi connectivity index (χ0n) is 11.5. The monoisotopic (exact) mass is 481 g/mol. The summed E-state index contributed by atoms with van der Waals surface area (Å²) in [6, 6.07) is 2.47. The molecular weight excluding hydrogens is 477 g/mol. The number of alkyl halides is 5. The molecule has 0 aliphatic carbocycles. The molecule has 0 spiro atoms. The molecule has 5 nitrogen and oxygen atoms in total. The van der Waals surface area contributed by atoms with Crippen molar-refractivity contribution in [3.63, 3.8) is 0 Å². The van der Waals surface area contributed by atoms with E-state index in [1.807, 2.05) is 0 Å². The van der Waals surface area contributed by atoms with Crippen LogP contribution in [0.1, 0.15) is 17.0 Å². The lowest BCUT2D eigenvalue weighted by molar-refractivity contribution is -0.0436. The van der Waals surface area contributed by atoms with Crippen LogP contribution in [0.5, 0.6) is 0 Å². The third kappa shape index (κ3) is 4.12. The largest absolute Gasteiger partial charge is 0.501 e. The zero-order valence-corrected chi connectivity index (χ0v) is 15.5. The Kier molecular flexibility index (Phi) is 5.75. The Bertz CT molecular complexity index is 914. The average molecular weight is 482 g/mol. The lowest BCUT2D eigenvalue weighted by Crippen LogP contribution is -2.23. The highest BCUT2D eigenvalue weighted by Crippen LogP contribution is 2.34. The number of anilines is 1. The number of rotatable bonds is 4. The van der Waals surface area contributed by atoms with Gasteiger partial charge in [0, 0.05) is 4.47 Å². The molecule has 14 heteroatoms. The predicted molar refractivity (Wildman–Crippen MR) is 87.6 cm³/mol. The van der Waals surface area contributed by atoms with Gasteiger partial charge < -0.3 is 5.32 Å². The summed E-state index contributed by atoms with van der Waals surface area (Å²) in [5.74, 6) is 0. The van der Waals surface area contributed by atoms with Gasteiger partial charge >= 0.3 is 5.51 Å². The molecule has 1 aromatic carbocycles. The Labute approximate surface area is 155 Å². The van der Waals surface area contributed by atoms with Crippen LogP contribution in [0.25, 0.3) is 0 Å². The van der Waals surface area contributed by atoms with E-state index in [-0.39, 0.29) is 20.0 Å². The van der Waals surface area contributed by atoms with Crippen molar-refractivity contribution < 1.29 is 30.4 Å². The maximum Gasteiger partial charge on any atom is 0.501 e. The molecule has 0 atom stereocenters. The molecule has 0 fully saturated rings. The van der Waals surface area contributed by atoms with Crippen LogP contribution in [0.4, 0.5) is 27.6 Å². The molecule has 0 unspecified atom stereocenters. The van der Waals surface area contributed by atoms with Gasteiger partial charge in [0.1, 0.15) is 9.87 Å².